The van der Waals surface area contributed by atoms with Gasteiger partial charge in [-0.2, -0.15) is 0 Å². The maximum atomic E-state index is 11.6. The van der Waals surface area contributed by atoms with Crippen molar-refractivity contribution in [2.75, 3.05) is 24.7 Å². The Kier molecular flexibility index (Phi) is 5.01. The van der Waals surface area contributed by atoms with E-state index in [0.29, 0.717) is 24.9 Å². The van der Waals surface area contributed by atoms with Gasteiger partial charge in [-0.15, -0.1) is 0 Å². The Labute approximate surface area is 148 Å². The molecule has 7 nitrogen and oxygen atoms in total. The zero-order valence-corrected chi connectivity index (χ0v) is 15.5. The lowest BCUT2D eigenvalue weighted by atomic mass is 9.94. The Morgan fingerprint density at radius 3 is 2.32 bits per heavy atom. The average molecular weight is 361 g/mol. The molecule has 134 valence electrons. The second-order valence-electron chi connectivity index (χ2n) is 6.48. The summed E-state index contributed by atoms with van der Waals surface area (Å²) in [4.78, 5) is 13.4. The van der Waals surface area contributed by atoms with Crippen LogP contribution in [0, 0.1) is 13.8 Å². The maximum absolute atomic E-state index is 11.6. The molecule has 25 heavy (non-hydrogen) atoms. The molecule has 0 spiro atoms. The number of aryl methyl sites for hydroxylation is 2. The largest absolute Gasteiger partial charge is 0.309 e. The van der Waals surface area contributed by atoms with Gasteiger partial charge in [-0.3, -0.25) is 0 Å². The van der Waals surface area contributed by atoms with Gasteiger partial charge in [0, 0.05) is 36.1 Å². The van der Waals surface area contributed by atoms with Crippen molar-refractivity contribution in [3.05, 3.63) is 41.3 Å². The van der Waals surface area contributed by atoms with Crippen molar-refractivity contribution in [2.45, 2.75) is 32.6 Å². The zero-order chi connectivity index (χ0) is 18.0. The Hall–Kier alpha value is -2.06. The number of piperidine rings is 1. The summed E-state index contributed by atoms with van der Waals surface area (Å²) in [6.45, 7) is 4.95. The lowest BCUT2D eigenvalue weighted by Crippen LogP contribution is -2.37. The molecule has 1 aliphatic heterocycles. The zero-order valence-electron chi connectivity index (χ0n) is 14.7. The van der Waals surface area contributed by atoms with Crippen LogP contribution in [0.5, 0.6) is 0 Å². The molecule has 3 heterocycles. The quantitative estimate of drug-likeness (QED) is 0.899. The molecule has 0 radical (unpaired) electrons. The second-order valence-corrected chi connectivity index (χ2v) is 8.47. The third-order valence-corrected chi connectivity index (χ3v) is 5.64. The van der Waals surface area contributed by atoms with E-state index in [2.05, 4.69) is 20.3 Å². The summed E-state index contributed by atoms with van der Waals surface area (Å²) in [6, 6.07) is 7.76. The fourth-order valence-electron chi connectivity index (χ4n) is 3.13. The molecule has 0 atom stereocenters. The number of aromatic nitrogens is 3. The van der Waals surface area contributed by atoms with Crippen molar-refractivity contribution in [1.29, 1.82) is 0 Å². The first-order valence-corrected chi connectivity index (χ1v) is 10.2. The van der Waals surface area contributed by atoms with Gasteiger partial charge in [0.05, 0.1) is 6.26 Å². The van der Waals surface area contributed by atoms with Gasteiger partial charge in [0.15, 0.2) is 0 Å². The number of pyridine rings is 1. The highest BCUT2D eigenvalue weighted by Crippen LogP contribution is 2.28. The molecule has 1 saturated heterocycles. The van der Waals surface area contributed by atoms with Crippen LogP contribution in [0.25, 0.3) is 0 Å². The summed E-state index contributed by atoms with van der Waals surface area (Å²) in [7, 11) is -3.10. The van der Waals surface area contributed by atoms with Crippen LogP contribution < -0.4 is 5.32 Å². The highest BCUT2D eigenvalue weighted by molar-refractivity contribution is 7.88. The molecule has 1 aliphatic rings. The molecule has 1 N–H and O–H groups in total. The molecule has 2 aromatic heterocycles. The molecule has 0 saturated carbocycles. The fraction of sp³-hybridized carbons (Fsp3) is 0.471. The minimum atomic E-state index is -3.10. The summed E-state index contributed by atoms with van der Waals surface area (Å²) >= 11 is 0. The van der Waals surface area contributed by atoms with Crippen LogP contribution in [0.3, 0.4) is 0 Å². The number of hydrogen-bond donors (Lipinski definition) is 1. The summed E-state index contributed by atoms with van der Waals surface area (Å²) in [5, 5.41) is 3.16. The van der Waals surface area contributed by atoms with Crippen molar-refractivity contribution in [3.8, 4) is 0 Å². The van der Waals surface area contributed by atoms with Crippen LogP contribution in [0.15, 0.2) is 24.3 Å². The molecule has 2 aromatic rings. The summed E-state index contributed by atoms with van der Waals surface area (Å²) in [6.07, 6.45) is 2.83. The van der Waals surface area contributed by atoms with E-state index in [-0.39, 0.29) is 5.92 Å². The topological polar surface area (TPSA) is 88.1 Å². The van der Waals surface area contributed by atoms with Crippen molar-refractivity contribution in [2.24, 2.45) is 0 Å². The summed E-state index contributed by atoms with van der Waals surface area (Å²) in [5.74, 6) is 1.50. The van der Waals surface area contributed by atoms with Gasteiger partial charge >= 0.3 is 0 Å². The first kappa shape index (κ1) is 17.8. The van der Waals surface area contributed by atoms with Gasteiger partial charge in [0.25, 0.3) is 0 Å². The van der Waals surface area contributed by atoms with Gasteiger partial charge < -0.3 is 5.32 Å². The number of anilines is 2. The van der Waals surface area contributed by atoms with Gasteiger partial charge in [-0.05, 0) is 44.9 Å². The Bertz CT molecular complexity index is 841. The highest BCUT2D eigenvalue weighted by Gasteiger charge is 2.26. The van der Waals surface area contributed by atoms with Gasteiger partial charge in [0.1, 0.15) is 5.82 Å². The number of hydrogen-bond acceptors (Lipinski definition) is 6. The van der Waals surface area contributed by atoms with Crippen LogP contribution in [0.4, 0.5) is 11.8 Å². The van der Waals surface area contributed by atoms with Crippen LogP contribution in [-0.4, -0.2) is 47.0 Å². The SMILES string of the molecule is Cc1cc(C)nc(Nc2cccc(C3CCN(S(C)(=O)=O)CC3)n2)n1. The average Bonchev–Trinajstić information content (AvgIpc) is 2.53. The molecule has 0 aliphatic carbocycles. The van der Waals surface area contributed by atoms with Crippen molar-refractivity contribution < 1.29 is 8.42 Å². The van der Waals surface area contributed by atoms with Gasteiger partial charge in [0.2, 0.25) is 16.0 Å². The molecule has 0 aromatic carbocycles. The molecule has 0 bridgehead atoms. The van der Waals surface area contributed by atoms with E-state index in [0.717, 1.165) is 29.9 Å². The van der Waals surface area contributed by atoms with Crippen LogP contribution in [0.2, 0.25) is 0 Å². The van der Waals surface area contributed by atoms with E-state index in [4.69, 9.17) is 0 Å². The summed E-state index contributed by atoms with van der Waals surface area (Å²) in [5.41, 5.74) is 2.78. The predicted octanol–water partition coefficient (Wildman–Crippen LogP) is 2.37. The smallest absolute Gasteiger partial charge is 0.228 e. The molecular weight excluding hydrogens is 338 g/mol. The normalized spacial score (nSPS) is 16.8. The molecule has 8 heteroatoms. The molecule has 3 rings (SSSR count). The van der Waals surface area contributed by atoms with E-state index in [1.54, 1.807) is 0 Å². The number of nitrogens with zero attached hydrogens (tertiary/aromatic N) is 4. The first-order chi connectivity index (χ1) is 11.8. The molecule has 1 fully saturated rings. The van der Waals surface area contributed by atoms with E-state index in [1.807, 2.05) is 38.1 Å². The maximum Gasteiger partial charge on any atom is 0.228 e. The van der Waals surface area contributed by atoms with Crippen molar-refractivity contribution in [3.63, 3.8) is 0 Å². The highest BCUT2D eigenvalue weighted by atomic mass is 32.2. The predicted molar refractivity (Wildman–Crippen MR) is 97.4 cm³/mol. The van der Waals surface area contributed by atoms with E-state index >= 15 is 0 Å². The Morgan fingerprint density at radius 2 is 1.72 bits per heavy atom. The lowest BCUT2D eigenvalue weighted by molar-refractivity contribution is 0.319. The van der Waals surface area contributed by atoms with Gasteiger partial charge in [-0.1, -0.05) is 6.07 Å². The summed E-state index contributed by atoms with van der Waals surface area (Å²) < 4.78 is 24.8. The number of rotatable bonds is 4. The van der Waals surface area contributed by atoms with Crippen molar-refractivity contribution >= 4 is 21.8 Å². The van der Waals surface area contributed by atoms with Gasteiger partial charge in [-0.25, -0.2) is 27.7 Å². The van der Waals surface area contributed by atoms with Crippen LogP contribution >= 0.6 is 0 Å². The third kappa shape index (κ3) is 4.52. The van der Waals surface area contributed by atoms with Crippen LogP contribution in [0.1, 0.15) is 35.8 Å². The second kappa shape index (κ2) is 7.05. The van der Waals surface area contributed by atoms with E-state index in [9.17, 15) is 8.42 Å². The lowest BCUT2D eigenvalue weighted by Gasteiger charge is -2.30. The fourth-order valence-corrected chi connectivity index (χ4v) is 4.00. The minimum absolute atomic E-state index is 0.264. The van der Waals surface area contributed by atoms with Crippen LogP contribution in [-0.2, 0) is 10.0 Å². The number of sulfonamides is 1. The van der Waals surface area contributed by atoms with E-state index < -0.39 is 10.0 Å². The minimum Gasteiger partial charge on any atom is -0.309 e. The van der Waals surface area contributed by atoms with E-state index in [1.165, 1.54) is 10.6 Å². The number of nitrogens with one attached hydrogen (secondary N) is 1. The monoisotopic (exact) mass is 361 g/mol. The third-order valence-electron chi connectivity index (χ3n) is 4.33. The first-order valence-electron chi connectivity index (χ1n) is 8.32. The Balaban J connectivity index is 1.72. The molecule has 0 amide bonds. The molecular formula is C17H23N5O2S. The van der Waals surface area contributed by atoms with Crippen molar-refractivity contribution in [1.82, 2.24) is 19.3 Å². The standard InChI is InChI=1S/C17H23N5O2S/c1-12-11-13(2)19-17(18-12)21-16-6-4-5-15(20-16)14-7-9-22(10-8-14)25(3,23)24/h4-6,11,14H,7-10H2,1-3H3,(H,18,19,20,21). The molecule has 0 unspecified atom stereocenters. The Morgan fingerprint density at radius 1 is 1.08 bits per heavy atom.